The standard InChI is InChI=1S/C42H55F2N5O4/c1-8-9-10-11-12-13-22-49-37(33-16-14-31(27-35(33)43)29-18-23-47(24-19-29)39(50)52-41(2,3)4)45-46-38(49)34-17-15-32(28-36(34)44)30-20-25-48(26-21-30)40(51)53-42(5,6)7/h14-18,20,27-28H,8-13,19,21-26H2,1-7H3. The summed E-state index contributed by atoms with van der Waals surface area (Å²) in [6.45, 7) is 15.5. The Labute approximate surface area is 313 Å². The number of ether oxygens (including phenoxy) is 2. The first-order valence-electron chi connectivity index (χ1n) is 19.0. The van der Waals surface area contributed by atoms with Gasteiger partial charge < -0.3 is 23.8 Å². The van der Waals surface area contributed by atoms with Gasteiger partial charge in [-0.25, -0.2) is 18.4 Å². The summed E-state index contributed by atoms with van der Waals surface area (Å²) in [6, 6.07) is 10.2. The van der Waals surface area contributed by atoms with Crippen LogP contribution in [0, 0.1) is 11.6 Å². The average Bonchev–Trinajstić information content (AvgIpc) is 3.51. The summed E-state index contributed by atoms with van der Waals surface area (Å²) >= 11 is 0. The number of rotatable bonds is 11. The van der Waals surface area contributed by atoms with E-state index in [-0.39, 0.29) is 12.2 Å². The molecule has 53 heavy (non-hydrogen) atoms. The number of hydrogen-bond donors (Lipinski definition) is 0. The van der Waals surface area contributed by atoms with Crippen LogP contribution in [0.15, 0.2) is 48.6 Å². The van der Waals surface area contributed by atoms with Crippen LogP contribution >= 0.6 is 0 Å². The monoisotopic (exact) mass is 731 g/mol. The van der Waals surface area contributed by atoms with Crippen LogP contribution in [-0.2, 0) is 16.0 Å². The molecule has 286 valence electrons. The number of benzene rings is 2. The number of halogens is 2. The minimum absolute atomic E-state index is 0.296. The zero-order valence-corrected chi connectivity index (χ0v) is 32.4. The Morgan fingerprint density at radius 2 is 1.11 bits per heavy atom. The van der Waals surface area contributed by atoms with Gasteiger partial charge >= 0.3 is 12.2 Å². The maximum atomic E-state index is 16.0. The molecule has 2 amide bonds. The molecule has 0 fully saturated rings. The molecular weight excluding hydrogens is 676 g/mol. The van der Waals surface area contributed by atoms with Crippen molar-refractivity contribution in [1.82, 2.24) is 24.6 Å². The molecular formula is C42H55F2N5O4. The zero-order chi connectivity index (χ0) is 38.3. The quantitative estimate of drug-likeness (QED) is 0.182. The summed E-state index contributed by atoms with van der Waals surface area (Å²) in [7, 11) is 0. The third-order valence-electron chi connectivity index (χ3n) is 9.37. The summed E-state index contributed by atoms with van der Waals surface area (Å²) in [4.78, 5) is 28.3. The first-order chi connectivity index (χ1) is 25.1. The Hall–Kier alpha value is -4.54. The third-order valence-corrected chi connectivity index (χ3v) is 9.37. The smallest absolute Gasteiger partial charge is 0.410 e. The molecule has 0 N–H and O–H groups in total. The second-order valence-electron chi connectivity index (χ2n) is 16.0. The molecule has 0 atom stereocenters. The molecule has 2 aliphatic heterocycles. The number of carbonyl (C=O) groups is 2. The Kier molecular flexibility index (Phi) is 12.8. The van der Waals surface area contributed by atoms with E-state index in [2.05, 4.69) is 17.1 Å². The minimum atomic E-state index is -0.577. The molecule has 2 aliphatic rings. The van der Waals surface area contributed by atoms with Gasteiger partial charge in [0.05, 0.1) is 11.1 Å². The molecule has 0 unspecified atom stereocenters. The van der Waals surface area contributed by atoms with Crippen molar-refractivity contribution in [3.63, 3.8) is 0 Å². The van der Waals surface area contributed by atoms with E-state index < -0.39 is 22.8 Å². The number of hydrogen-bond acceptors (Lipinski definition) is 6. The summed E-state index contributed by atoms with van der Waals surface area (Å²) in [5, 5.41) is 8.86. The van der Waals surface area contributed by atoms with Gasteiger partial charge in [-0.15, -0.1) is 10.2 Å². The summed E-state index contributed by atoms with van der Waals surface area (Å²) in [6.07, 6.45) is 10.7. The van der Waals surface area contributed by atoms with Crippen molar-refractivity contribution < 1.29 is 27.8 Å². The van der Waals surface area contributed by atoms with E-state index in [1.54, 1.807) is 21.9 Å². The second kappa shape index (κ2) is 17.1. The third kappa shape index (κ3) is 10.5. The molecule has 0 saturated heterocycles. The SMILES string of the molecule is CCCCCCCCn1c(-c2ccc(C3=CCN(C(=O)OC(C)(C)C)CC3)cc2F)nnc1-c1ccc(C2=CCN(C(=O)OC(C)(C)C)CC2)cc1F. The fourth-order valence-corrected chi connectivity index (χ4v) is 6.60. The van der Waals surface area contributed by atoms with Gasteiger partial charge in [-0.1, -0.05) is 63.3 Å². The van der Waals surface area contributed by atoms with Crippen LogP contribution in [0.5, 0.6) is 0 Å². The lowest BCUT2D eigenvalue weighted by Crippen LogP contribution is -2.39. The van der Waals surface area contributed by atoms with Crippen LogP contribution in [-0.4, -0.2) is 74.1 Å². The molecule has 2 aromatic carbocycles. The highest BCUT2D eigenvalue weighted by atomic mass is 19.1. The predicted molar refractivity (Wildman–Crippen MR) is 205 cm³/mol. The van der Waals surface area contributed by atoms with Crippen molar-refractivity contribution in [2.45, 2.75) is 118 Å². The number of aromatic nitrogens is 3. The molecule has 9 nitrogen and oxygen atoms in total. The lowest BCUT2D eigenvalue weighted by molar-refractivity contribution is 0.0260. The normalized spacial score (nSPS) is 15.3. The second-order valence-corrected chi connectivity index (χ2v) is 16.0. The lowest BCUT2D eigenvalue weighted by atomic mass is 9.97. The van der Waals surface area contributed by atoms with Gasteiger partial charge in [-0.2, -0.15) is 0 Å². The molecule has 0 aliphatic carbocycles. The molecule has 11 heteroatoms. The van der Waals surface area contributed by atoms with Crippen LogP contribution in [0.25, 0.3) is 33.9 Å². The van der Waals surface area contributed by atoms with E-state index in [0.717, 1.165) is 54.4 Å². The van der Waals surface area contributed by atoms with Gasteiger partial charge in [-0.05, 0) is 107 Å². The Balaban J connectivity index is 1.37. The van der Waals surface area contributed by atoms with Gasteiger partial charge in [0.15, 0.2) is 11.6 Å². The van der Waals surface area contributed by atoms with Gasteiger partial charge in [-0.3, -0.25) is 0 Å². The number of nitrogens with zero attached hydrogens (tertiary/aromatic N) is 5. The molecule has 0 bridgehead atoms. The largest absolute Gasteiger partial charge is 0.444 e. The maximum absolute atomic E-state index is 16.0. The summed E-state index contributed by atoms with van der Waals surface area (Å²) in [5.74, 6) is -0.178. The van der Waals surface area contributed by atoms with Crippen LogP contribution < -0.4 is 0 Å². The Morgan fingerprint density at radius 1 is 0.679 bits per heavy atom. The lowest BCUT2D eigenvalue weighted by Gasteiger charge is -2.29. The van der Waals surface area contributed by atoms with Gasteiger partial charge in [0, 0.05) is 32.7 Å². The highest BCUT2D eigenvalue weighted by Crippen LogP contribution is 2.33. The van der Waals surface area contributed by atoms with E-state index in [4.69, 9.17) is 9.47 Å². The van der Waals surface area contributed by atoms with Crippen molar-refractivity contribution >= 4 is 23.3 Å². The minimum Gasteiger partial charge on any atom is -0.444 e. The Bertz CT molecular complexity index is 1710. The zero-order valence-electron chi connectivity index (χ0n) is 32.4. The van der Waals surface area contributed by atoms with E-state index in [1.807, 2.05) is 70.4 Å². The average molecular weight is 732 g/mol. The van der Waals surface area contributed by atoms with Crippen molar-refractivity contribution in [2.75, 3.05) is 26.2 Å². The molecule has 1 aromatic heterocycles. The van der Waals surface area contributed by atoms with Crippen molar-refractivity contribution in [1.29, 1.82) is 0 Å². The molecule has 3 aromatic rings. The fourth-order valence-electron chi connectivity index (χ4n) is 6.60. The van der Waals surface area contributed by atoms with Gasteiger partial charge in [0.25, 0.3) is 0 Å². The summed E-state index contributed by atoms with van der Waals surface area (Å²) in [5.41, 5.74) is 2.83. The molecule has 0 saturated carbocycles. The summed E-state index contributed by atoms with van der Waals surface area (Å²) < 4.78 is 44.8. The number of amides is 2. The molecule has 0 radical (unpaired) electrons. The van der Waals surface area contributed by atoms with Crippen LogP contribution in [0.2, 0.25) is 0 Å². The first kappa shape index (κ1) is 39.7. The van der Waals surface area contributed by atoms with Gasteiger partial charge in [0.1, 0.15) is 22.8 Å². The van der Waals surface area contributed by atoms with E-state index in [9.17, 15) is 9.59 Å². The first-order valence-corrected chi connectivity index (χ1v) is 19.0. The van der Waals surface area contributed by atoms with Crippen molar-refractivity contribution in [3.8, 4) is 22.8 Å². The predicted octanol–water partition coefficient (Wildman–Crippen LogP) is 10.3. The van der Waals surface area contributed by atoms with E-state index in [1.165, 1.54) is 18.6 Å². The topological polar surface area (TPSA) is 89.8 Å². The van der Waals surface area contributed by atoms with Gasteiger partial charge in [0.2, 0.25) is 0 Å². The van der Waals surface area contributed by atoms with Crippen LogP contribution in [0.4, 0.5) is 18.4 Å². The fraction of sp³-hybridized carbons (Fsp3) is 0.524. The number of carbonyl (C=O) groups excluding carboxylic acids is 2. The van der Waals surface area contributed by atoms with Crippen LogP contribution in [0.3, 0.4) is 0 Å². The highest BCUT2D eigenvalue weighted by molar-refractivity contribution is 5.76. The van der Waals surface area contributed by atoms with Crippen molar-refractivity contribution in [3.05, 3.63) is 71.3 Å². The van der Waals surface area contributed by atoms with Crippen LogP contribution in [0.1, 0.15) is 111 Å². The highest BCUT2D eigenvalue weighted by Gasteiger charge is 2.27. The maximum Gasteiger partial charge on any atom is 0.410 e. The van der Waals surface area contributed by atoms with E-state index >= 15 is 8.78 Å². The molecule has 3 heterocycles. The van der Waals surface area contributed by atoms with Crippen molar-refractivity contribution in [2.24, 2.45) is 0 Å². The molecule has 5 rings (SSSR count). The molecule has 0 spiro atoms. The number of unbranched alkanes of at least 4 members (excludes halogenated alkanes) is 5. The van der Waals surface area contributed by atoms with E-state index in [0.29, 0.717) is 68.3 Å². The Morgan fingerprint density at radius 3 is 1.49 bits per heavy atom.